The molecule has 0 radical (unpaired) electrons. The first-order valence-corrected chi connectivity index (χ1v) is 9.69. The molecule has 0 aliphatic heterocycles. The normalized spacial score (nSPS) is 10.9. The highest BCUT2D eigenvalue weighted by Crippen LogP contribution is 2.38. The molecule has 4 aromatic rings. The number of nitrogens with zero attached hydrogens (tertiary/aromatic N) is 4. The van der Waals surface area contributed by atoms with Crippen LogP contribution in [0.5, 0.6) is 0 Å². The lowest BCUT2D eigenvalue weighted by atomic mass is 10.1. The molecule has 3 aromatic heterocycles. The summed E-state index contributed by atoms with van der Waals surface area (Å²) in [4.78, 5) is 12.8. The van der Waals surface area contributed by atoms with Crippen molar-refractivity contribution in [1.82, 2.24) is 14.9 Å². The van der Waals surface area contributed by atoms with Gasteiger partial charge in [-0.3, -0.25) is 4.98 Å². The van der Waals surface area contributed by atoms with Gasteiger partial charge in [-0.2, -0.15) is 5.26 Å². The molecule has 0 saturated heterocycles. The quantitative estimate of drug-likeness (QED) is 0.522. The van der Waals surface area contributed by atoms with Gasteiger partial charge < -0.3 is 10.2 Å². The Morgan fingerprint density at radius 3 is 2.79 bits per heavy atom. The molecule has 0 unspecified atom stereocenters. The number of fused-ring (bicyclic) bond motifs is 1. The summed E-state index contributed by atoms with van der Waals surface area (Å²) < 4.78 is 0. The molecule has 0 bridgehead atoms. The number of pyridine rings is 2. The van der Waals surface area contributed by atoms with Crippen molar-refractivity contribution in [3.63, 3.8) is 0 Å². The Morgan fingerprint density at radius 1 is 1.14 bits per heavy atom. The van der Waals surface area contributed by atoms with E-state index in [1.54, 1.807) is 29.9 Å². The summed E-state index contributed by atoms with van der Waals surface area (Å²) in [6.07, 6.45) is 5.09. The molecule has 0 fully saturated rings. The van der Waals surface area contributed by atoms with Crippen LogP contribution in [-0.4, -0.2) is 29.0 Å². The molecule has 0 saturated carbocycles. The average molecular weight is 385 g/mol. The fourth-order valence-electron chi connectivity index (χ4n) is 3.12. The van der Waals surface area contributed by atoms with Crippen molar-refractivity contribution in [2.24, 2.45) is 0 Å². The number of hydrogen-bond donors (Lipinski definition) is 1. The van der Waals surface area contributed by atoms with Crippen LogP contribution in [-0.2, 0) is 6.54 Å². The molecule has 0 aliphatic rings. The van der Waals surface area contributed by atoms with Crippen molar-refractivity contribution in [3.05, 3.63) is 72.2 Å². The molecule has 4 rings (SSSR count). The topological polar surface area (TPSA) is 64.8 Å². The lowest BCUT2D eigenvalue weighted by Crippen LogP contribution is -2.10. The first-order chi connectivity index (χ1) is 13.6. The summed E-state index contributed by atoms with van der Waals surface area (Å²) in [5, 5.41) is 13.8. The van der Waals surface area contributed by atoms with E-state index in [4.69, 9.17) is 0 Å². The summed E-state index contributed by atoms with van der Waals surface area (Å²) in [6.45, 7) is 0.892. The first-order valence-electron chi connectivity index (χ1n) is 8.88. The maximum Gasteiger partial charge on any atom is 0.126 e. The molecule has 6 heteroatoms. The highest BCUT2D eigenvalue weighted by Gasteiger charge is 2.14. The third-order valence-corrected chi connectivity index (χ3v) is 5.42. The van der Waals surface area contributed by atoms with Gasteiger partial charge in [0.05, 0.1) is 23.1 Å². The van der Waals surface area contributed by atoms with Gasteiger partial charge in [0.25, 0.3) is 0 Å². The minimum Gasteiger partial charge on any atom is -0.353 e. The molecule has 0 amide bonds. The van der Waals surface area contributed by atoms with Crippen LogP contribution < -0.4 is 5.32 Å². The fourth-order valence-corrected chi connectivity index (χ4v) is 4.13. The van der Waals surface area contributed by atoms with Crippen LogP contribution in [0.4, 0.5) is 11.4 Å². The van der Waals surface area contributed by atoms with E-state index in [2.05, 4.69) is 70.7 Å². The van der Waals surface area contributed by atoms with Gasteiger partial charge in [-0.1, -0.05) is 18.2 Å². The summed E-state index contributed by atoms with van der Waals surface area (Å²) in [5.41, 5.74) is 4.55. The predicted molar refractivity (Wildman–Crippen MR) is 115 cm³/mol. The number of anilines is 2. The minimum atomic E-state index is 0.516. The molecule has 28 heavy (non-hydrogen) atoms. The minimum absolute atomic E-state index is 0.516. The lowest BCUT2D eigenvalue weighted by molar-refractivity contribution is 0.402. The van der Waals surface area contributed by atoms with Gasteiger partial charge in [-0.15, -0.1) is 11.3 Å². The Bertz CT molecular complexity index is 1160. The van der Waals surface area contributed by atoms with E-state index in [0.29, 0.717) is 5.56 Å². The molecule has 0 spiro atoms. The average Bonchev–Trinajstić information content (AvgIpc) is 3.14. The number of nitrogens with one attached hydrogen (secondary N) is 1. The number of benzene rings is 1. The Kier molecular flexibility index (Phi) is 5.02. The van der Waals surface area contributed by atoms with Crippen LogP contribution in [0.15, 0.2) is 61.1 Å². The summed E-state index contributed by atoms with van der Waals surface area (Å²) in [6, 6.07) is 16.7. The van der Waals surface area contributed by atoms with E-state index in [-0.39, 0.29) is 0 Å². The van der Waals surface area contributed by atoms with Crippen molar-refractivity contribution in [3.8, 4) is 16.5 Å². The fraction of sp³-hybridized carbons (Fsp3) is 0.136. The Morgan fingerprint density at radius 2 is 2.04 bits per heavy atom. The maximum atomic E-state index is 9.55. The van der Waals surface area contributed by atoms with E-state index >= 15 is 0 Å². The van der Waals surface area contributed by atoms with Gasteiger partial charge >= 0.3 is 0 Å². The van der Waals surface area contributed by atoms with Crippen LogP contribution >= 0.6 is 11.3 Å². The van der Waals surface area contributed by atoms with E-state index < -0.39 is 0 Å². The largest absolute Gasteiger partial charge is 0.353 e. The highest BCUT2D eigenvalue weighted by molar-refractivity contribution is 7.21. The number of thiophene rings is 1. The zero-order chi connectivity index (χ0) is 19.5. The number of hydrogen-bond acceptors (Lipinski definition) is 6. The molecule has 5 nitrogen and oxygen atoms in total. The lowest BCUT2D eigenvalue weighted by Gasteiger charge is -2.10. The van der Waals surface area contributed by atoms with E-state index in [9.17, 15) is 5.26 Å². The standard InChI is InChI=1S/C22H19N5S/c1-27(2)14-15-5-3-6-16(9-15)20-10-19-21(26-18-7-4-8-24-13-18)17(11-23)12-25-22(19)28-20/h3-10,12-13H,14H2,1-2H3,(H,25,26). The number of rotatable bonds is 5. The van der Waals surface area contributed by atoms with Crippen molar-refractivity contribution < 1.29 is 0 Å². The summed E-state index contributed by atoms with van der Waals surface area (Å²) >= 11 is 1.63. The summed E-state index contributed by atoms with van der Waals surface area (Å²) in [5.74, 6) is 0. The number of nitriles is 1. The SMILES string of the molecule is CN(C)Cc1cccc(-c2cc3c(Nc4cccnc4)c(C#N)cnc3s2)c1. The van der Waals surface area contributed by atoms with Gasteiger partial charge in [0.2, 0.25) is 0 Å². The van der Waals surface area contributed by atoms with Crippen LogP contribution in [0.3, 0.4) is 0 Å². The molecule has 1 N–H and O–H groups in total. The van der Waals surface area contributed by atoms with Gasteiger partial charge in [-0.05, 0) is 49.5 Å². The van der Waals surface area contributed by atoms with Gasteiger partial charge in [-0.25, -0.2) is 4.98 Å². The molecule has 3 heterocycles. The van der Waals surface area contributed by atoms with E-state index in [0.717, 1.165) is 38.6 Å². The molecular weight excluding hydrogens is 366 g/mol. The third kappa shape index (κ3) is 3.72. The van der Waals surface area contributed by atoms with Crippen molar-refractivity contribution in [2.45, 2.75) is 6.54 Å². The molecule has 0 aliphatic carbocycles. The molecule has 1 aromatic carbocycles. The van der Waals surface area contributed by atoms with Crippen LogP contribution in [0.2, 0.25) is 0 Å². The van der Waals surface area contributed by atoms with Crippen molar-refractivity contribution >= 4 is 32.9 Å². The second-order valence-corrected chi connectivity index (χ2v) is 7.82. The Balaban J connectivity index is 1.79. The Hall–Kier alpha value is -3.27. The molecule has 138 valence electrons. The Labute approximate surface area is 167 Å². The van der Waals surface area contributed by atoms with Crippen molar-refractivity contribution in [1.29, 1.82) is 5.26 Å². The molecule has 0 atom stereocenters. The zero-order valence-corrected chi connectivity index (χ0v) is 16.5. The number of aromatic nitrogens is 2. The monoisotopic (exact) mass is 385 g/mol. The van der Waals surface area contributed by atoms with Crippen LogP contribution in [0, 0.1) is 11.3 Å². The maximum absolute atomic E-state index is 9.55. The van der Waals surface area contributed by atoms with Crippen LogP contribution in [0.1, 0.15) is 11.1 Å². The van der Waals surface area contributed by atoms with E-state index in [1.807, 2.05) is 12.1 Å². The van der Waals surface area contributed by atoms with Gasteiger partial charge in [0.15, 0.2) is 0 Å². The van der Waals surface area contributed by atoms with Gasteiger partial charge in [0.1, 0.15) is 10.9 Å². The third-order valence-electron chi connectivity index (χ3n) is 4.32. The summed E-state index contributed by atoms with van der Waals surface area (Å²) in [7, 11) is 4.13. The first kappa shape index (κ1) is 18.1. The second kappa shape index (κ2) is 7.77. The van der Waals surface area contributed by atoms with Crippen LogP contribution in [0.25, 0.3) is 20.7 Å². The second-order valence-electron chi connectivity index (χ2n) is 6.79. The van der Waals surface area contributed by atoms with Gasteiger partial charge in [0, 0.05) is 29.2 Å². The zero-order valence-electron chi connectivity index (χ0n) is 15.7. The molecular formula is C22H19N5S. The van der Waals surface area contributed by atoms with E-state index in [1.165, 1.54) is 5.56 Å². The predicted octanol–water partition coefficient (Wildman–Crippen LogP) is 5.04. The van der Waals surface area contributed by atoms with Crippen molar-refractivity contribution in [2.75, 3.05) is 19.4 Å². The highest BCUT2D eigenvalue weighted by atomic mass is 32.1. The smallest absolute Gasteiger partial charge is 0.126 e.